The first-order valence-corrected chi connectivity index (χ1v) is 9.11. The second-order valence-electron chi connectivity index (χ2n) is 6.19. The summed E-state index contributed by atoms with van der Waals surface area (Å²) in [5.74, 6) is 8.08. The van der Waals surface area contributed by atoms with Crippen molar-refractivity contribution in [2.75, 3.05) is 27.4 Å². The number of thiophene rings is 1. The van der Waals surface area contributed by atoms with Crippen molar-refractivity contribution in [3.8, 4) is 29.1 Å². The summed E-state index contributed by atoms with van der Waals surface area (Å²) in [7, 11) is 3.18. The first-order valence-electron chi connectivity index (χ1n) is 8.29. The molecule has 26 heavy (non-hydrogen) atoms. The minimum Gasteiger partial charge on any atom is -0.493 e. The lowest BCUT2D eigenvalue weighted by Crippen LogP contribution is -2.40. The van der Waals surface area contributed by atoms with Gasteiger partial charge in [0, 0.05) is 16.5 Å². The van der Waals surface area contributed by atoms with Crippen LogP contribution < -0.4 is 19.9 Å². The second-order valence-corrected chi connectivity index (χ2v) is 7.35. The van der Waals surface area contributed by atoms with Crippen LogP contribution >= 0.6 is 11.3 Å². The summed E-state index contributed by atoms with van der Waals surface area (Å²) >= 11 is 1.64. The monoisotopic (exact) mass is 375 g/mol. The molecule has 6 heteroatoms. The summed E-state index contributed by atoms with van der Waals surface area (Å²) in [6, 6.07) is 9.43. The van der Waals surface area contributed by atoms with Gasteiger partial charge in [-0.15, -0.1) is 11.3 Å². The van der Waals surface area contributed by atoms with Gasteiger partial charge in [-0.1, -0.05) is 11.8 Å². The lowest BCUT2D eigenvalue weighted by atomic mass is 9.98. The fourth-order valence-corrected chi connectivity index (χ4v) is 3.10. The molecular weight excluding hydrogens is 350 g/mol. The van der Waals surface area contributed by atoms with Crippen LogP contribution in [0.2, 0.25) is 0 Å². The number of ether oxygens (including phenoxy) is 3. The maximum absolute atomic E-state index is 9.20. The van der Waals surface area contributed by atoms with Crippen molar-refractivity contribution in [1.29, 1.82) is 0 Å². The molecule has 0 saturated carbocycles. The van der Waals surface area contributed by atoms with E-state index in [-0.39, 0.29) is 13.2 Å². The second kappa shape index (κ2) is 9.48. The lowest BCUT2D eigenvalue weighted by Gasteiger charge is -2.20. The highest BCUT2D eigenvalue weighted by molar-refractivity contribution is 7.12. The van der Waals surface area contributed by atoms with Crippen LogP contribution in [0.15, 0.2) is 30.3 Å². The van der Waals surface area contributed by atoms with Crippen molar-refractivity contribution >= 4 is 11.3 Å². The molecule has 1 aromatic carbocycles. The fourth-order valence-electron chi connectivity index (χ4n) is 2.22. The number of methoxy groups -OCH3 is 2. The Morgan fingerprint density at radius 3 is 2.62 bits per heavy atom. The normalized spacial score (nSPS) is 12.7. The molecule has 2 aromatic rings. The molecule has 1 unspecified atom stereocenters. The first-order chi connectivity index (χ1) is 12.5. The van der Waals surface area contributed by atoms with E-state index in [1.807, 2.05) is 19.1 Å². The van der Waals surface area contributed by atoms with Gasteiger partial charge in [-0.3, -0.25) is 0 Å². The van der Waals surface area contributed by atoms with Crippen molar-refractivity contribution in [2.24, 2.45) is 5.73 Å². The Balaban J connectivity index is 1.87. The molecule has 1 atom stereocenters. The van der Waals surface area contributed by atoms with E-state index in [1.54, 1.807) is 37.7 Å². The predicted octanol–water partition coefficient (Wildman–Crippen LogP) is 2.84. The molecule has 0 radical (unpaired) electrons. The number of aliphatic hydroxyl groups is 1. The van der Waals surface area contributed by atoms with Gasteiger partial charge in [-0.25, -0.2) is 0 Å². The van der Waals surface area contributed by atoms with Gasteiger partial charge < -0.3 is 25.1 Å². The fraction of sp³-hybridized carbons (Fsp3) is 0.400. The molecule has 0 fully saturated rings. The Kier molecular flexibility index (Phi) is 7.34. The Morgan fingerprint density at radius 2 is 1.92 bits per heavy atom. The van der Waals surface area contributed by atoms with Gasteiger partial charge in [0.25, 0.3) is 0 Å². The molecule has 5 nitrogen and oxygen atoms in total. The van der Waals surface area contributed by atoms with Crippen LogP contribution in [0.3, 0.4) is 0 Å². The van der Waals surface area contributed by atoms with Crippen molar-refractivity contribution in [3.05, 3.63) is 40.1 Å². The van der Waals surface area contributed by atoms with E-state index in [9.17, 15) is 5.11 Å². The van der Waals surface area contributed by atoms with E-state index in [0.717, 1.165) is 17.7 Å². The number of benzene rings is 1. The number of aliphatic hydroxyl groups excluding tert-OH is 1. The maximum Gasteiger partial charge on any atom is 0.164 e. The number of hydrogen-bond acceptors (Lipinski definition) is 6. The largest absolute Gasteiger partial charge is 0.493 e. The third-order valence-electron chi connectivity index (χ3n) is 3.84. The van der Waals surface area contributed by atoms with Gasteiger partial charge in [0.2, 0.25) is 0 Å². The highest BCUT2D eigenvalue weighted by Gasteiger charge is 2.16. The smallest absolute Gasteiger partial charge is 0.164 e. The van der Waals surface area contributed by atoms with Crippen molar-refractivity contribution < 1.29 is 19.3 Å². The molecule has 0 amide bonds. The van der Waals surface area contributed by atoms with E-state index in [4.69, 9.17) is 19.9 Å². The SMILES string of the molecule is COc1ccc(OCC#Cc2ccc(CCC(C)(N)CO)s2)cc1OC. The van der Waals surface area contributed by atoms with Crippen LogP contribution in [-0.2, 0) is 6.42 Å². The topological polar surface area (TPSA) is 73.9 Å². The molecule has 140 valence electrons. The van der Waals surface area contributed by atoms with Crippen LogP contribution in [0.5, 0.6) is 17.2 Å². The average Bonchev–Trinajstić information content (AvgIpc) is 3.11. The molecule has 2 rings (SSSR count). The minimum atomic E-state index is -0.539. The van der Waals surface area contributed by atoms with Gasteiger partial charge in [-0.05, 0) is 44.0 Å². The van der Waals surface area contributed by atoms with E-state index in [2.05, 4.69) is 17.9 Å². The number of aryl methyl sites for hydroxylation is 1. The van der Waals surface area contributed by atoms with Gasteiger partial charge in [0.1, 0.15) is 12.4 Å². The summed E-state index contributed by atoms with van der Waals surface area (Å²) in [4.78, 5) is 2.19. The van der Waals surface area contributed by atoms with Gasteiger partial charge >= 0.3 is 0 Å². The molecule has 0 aliphatic carbocycles. The zero-order chi connectivity index (χ0) is 19.0. The molecule has 0 aliphatic rings. The zero-order valence-electron chi connectivity index (χ0n) is 15.4. The Morgan fingerprint density at radius 1 is 1.15 bits per heavy atom. The van der Waals surface area contributed by atoms with Crippen LogP contribution in [0, 0.1) is 11.8 Å². The molecule has 0 aliphatic heterocycles. The number of nitrogens with two attached hydrogens (primary N) is 1. The lowest BCUT2D eigenvalue weighted by molar-refractivity contribution is 0.201. The summed E-state index contributed by atoms with van der Waals surface area (Å²) < 4.78 is 16.1. The van der Waals surface area contributed by atoms with E-state index >= 15 is 0 Å². The van der Waals surface area contributed by atoms with Crippen LogP contribution in [0.1, 0.15) is 23.1 Å². The van der Waals surface area contributed by atoms with Crippen molar-refractivity contribution in [3.63, 3.8) is 0 Å². The van der Waals surface area contributed by atoms with Gasteiger partial charge in [0.05, 0.1) is 25.7 Å². The molecule has 0 spiro atoms. The van der Waals surface area contributed by atoms with Crippen molar-refractivity contribution in [1.82, 2.24) is 0 Å². The maximum atomic E-state index is 9.20. The highest BCUT2D eigenvalue weighted by Crippen LogP contribution is 2.30. The first kappa shape index (κ1) is 20.1. The molecule has 1 aromatic heterocycles. The number of rotatable bonds is 8. The standard InChI is InChI=1S/C20H25NO4S/c1-20(21,14-22)11-10-17-8-7-16(26-17)5-4-12-25-15-6-9-18(23-2)19(13-15)24-3/h6-9,13,22H,10-12,14,21H2,1-3H3. The van der Waals surface area contributed by atoms with Gasteiger partial charge in [0.15, 0.2) is 11.5 Å². The zero-order valence-corrected chi connectivity index (χ0v) is 16.2. The predicted molar refractivity (Wildman–Crippen MR) is 104 cm³/mol. The Bertz CT molecular complexity index is 774. The van der Waals surface area contributed by atoms with Crippen LogP contribution in [0.4, 0.5) is 0 Å². The summed E-state index contributed by atoms with van der Waals surface area (Å²) in [6.07, 6.45) is 1.57. The highest BCUT2D eigenvalue weighted by atomic mass is 32.1. The van der Waals surface area contributed by atoms with Crippen molar-refractivity contribution in [2.45, 2.75) is 25.3 Å². The van der Waals surface area contributed by atoms with Crippen LogP contribution in [0.25, 0.3) is 0 Å². The molecule has 3 N–H and O–H groups in total. The van der Waals surface area contributed by atoms with Crippen LogP contribution in [-0.4, -0.2) is 38.1 Å². The molecule has 1 heterocycles. The Hall–Kier alpha value is -2.20. The Labute approximate surface area is 158 Å². The number of hydrogen-bond donors (Lipinski definition) is 2. The summed E-state index contributed by atoms with van der Waals surface area (Å²) in [5, 5.41) is 9.20. The van der Waals surface area contributed by atoms with E-state index < -0.39 is 5.54 Å². The third-order valence-corrected chi connectivity index (χ3v) is 4.90. The average molecular weight is 375 g/mol. The third kappa shape index (κ3) is 5.95. The van der Waals surface area contributed by atoms with Gasteiger partial charge in [-0.2, -0.15) is 0 Å². The molecule has 0 bridgehead atoms. The van der Waals surface area contributed by atoms with E-state index in [0.29, 0.717) is 17.2 Å². The summed E-state index contributed by atoms with van der Waals surface area (Å²) in [6.45, 7) is 2.12. The quantitative estimate of drug-likeness (QED) is 0.694. The van der Waals surface area contributed by atoms with E-state index in [1.165, 1.54) is 4.88 Å². The summed E-state index contributed by atoms with van der Waals surface area (Å²) in [5.41, 5.74) is 5.42. The molecular formula is C20H25NO4S. The molecule has 0 saturated heterocycles. The minimum absolute atomic E-state index is 0.0154.